The highest BCUT2D eigenvalue weighted by Crippen LogP contribution is 2.32. The SMILES string of the molecule is COc1ccc2nc(C(C#N)=Cc3cc(C)n(-c4cc([N+](=O)[O-])ccc4OC)c3C)[nH]c2c1. The van der Waals surface area contributed by atoms with E-state index in [1.54, 1.807) is 19.3 Å². The minimum Gasteiger partial charge on any atom is -0.497 e. The Balaban J connectivity index is 1.82. The van der Waals surface area contributed by atoms with Crippen LogP contribution in [0.15, 0.2) is 42.5 Å². The lowest BCUT2D eigenvalue weighted by Crippen LogP contribution is -2.03. The molecule has 0 radical (unpaired) electrons. The van der Waals surface area contributed by atoms with Crippen molar-refractivity contribution >= 4 is 28.4 Å². The van der Waals surface area contributed by atoms with E-state index in [1.165, 1.54) is 19.2 Å². The van der Waals surface area contributed by atoms with Crippen molar-refractivity contribution in [2.45, 2.75) is 13.8 Å². The van der Waals surface area contributed by atoms with Gasteiger partial charge in [0.1, 0.15) is 23.4 Å². The van der Waals surface area contributed by atoms with Crippen molar-refractivity contribution in [3.63, 3.8) is 0 Å². The Labute approximate surface area is 189 Å². The highest BCUT2D eigenvalue weighted by Gasteiger charge is 2.18. The van der Waals surface area contributed by atoms with E-state index in [2.05, 4.69) is 16.0 Å². The molecule has 0 aliphatic heterocycles. The topological polar surface area (TPSA) is 119 Å². The fourth-order valence-electron chi connectivity index (χ4n) is 3.82. The van der Waals surface area contributed by atoms with E-state index in [-0.39, 0.29) is 5.69 Å². The molecule has 0 saturated carbocycles. The molecule has 0 saturated heterocycles. The van der Waals surface area contributed by atoms with Crippen molar-refractivity contribution in [3.8, 4) is 23.3 Å². The summed E-state index contributed by atoms with van der Waals surface area (Å²) in [7, 11) is 3.11. The fourth-order valence-corrected chi connectivity index (χ4v) is 3.82. The van der Waals surface area contributed by atoms with Crippen molar-refractivity contribution in [3.05, 3.63) is 75.4 Å². The van der Waals surface area contributed by atoms with Crippen LogP contribution in [0.4, 0.5) is 5.69 Å². The average molecular weight is 443 g/mol. The minimum atomic E-state index is -0.442. The number of nitrogens with zero attached hydrogens (tertiary/aromatic N) is 4. The number of benzene rings is 2. The van der Waals surface area contributed by atoms with Crippen LogP contribution in [0, 0.1) is 35.3 Å². The van der Waals surface area contributed by atoms with E-state index >= 15 is 0 Å². The molecule has 2 heterocycles. The van der Waals surface area contributed by atoms with Crippen LogP contribution in [0.2, 0.25) is 0 Å². The number of nitriles is 1. The molecule has 0 bridgehead atoms. The monoisotopic (exact) mass is 443 g/mol. The number of hydrogen-bond donors (Lipinski definition) is 1. The van der Waals surface area contributed by atoms with Crippen molar-refractivity contribution in [1.82, 2.24) is 14.5 Å². The van der Waals surface area contributed by atoms with Gasteiger partial charge in [0, 0.05) is 29.6 Å². The first-order valence-electron chi connectivity index (χ1n) is 10.0. The quantitative estimate of drug-likeness (QED) is 0.256. The van der Waals surface area contributed by atoms with Crippen molar-refractivity contribution in [1.29, 1.82) is 5.26 Å². The van der Waals surface area contributed by atoms with E-state index in [0.717, 1.165) is 28.0 Å². The van der Waals surface area contributed by atoms with Gasteiger partial charge >= 0.3 is 0 Å². The zero-order valence-electron chi connectivity index (χ0n) is 18.5. The van der Waals surface area contributed by atoms with Crippen LogP contribution in [0.5, 0.6) is 11.5 Å². The molecular weight excluding hydrogens is 422 g/mol. The molecule has 2 aromatic heterocycles. The van der Waals surface area contributed by atoms with Gasteiger partial charge in [0.2, 0.25) is 0 Å². The number of rotatable bonds is 6. The summed E-state index contributed by atoms with van der Waals surface area (Å²) in [6, 6.07) is 14.0. The molecule has 166 valence electrons. The summed E-state index contributed by atoms with van der Waals surface area (Å²) in [4.78, 5) is 18.6. The zero-order chi connectivity index (χ0) is 23.7. The summed E-state index contributed by atoms with van der Waals surface area (Å²) in [6.07, 6.45) is 1.75. The summed E-state index contributed by atoms with van der Waals surface area (Å²) in [5.41, 5.74) is 4.78. The van der Waals surface area contributed by atoms with Gasteiger partial charge in [0.15, 0.2) is 0 Å². The number of non-ortho nitro benzene ring substituents is 1. The first-order chi connectivity index (χ1) is 15.9. The Morgan fingerprint density at radius 3 is 2.64 bits per heavy atom. The lowest BCUT2D eigenvalue weighted by atomic mass is 10.1. The Morgan fingerprint density at radius 1 is 1.18 bits per heavy atom. The average Bonchev–Trinajstić information content (AvgIpc) is 3.36. The lowest BCUT2D eigenvalue weighted by Gasteiger charge is -2.13. The molecule has 4 rings (SSSR count). The normalized spacial score (nSPS) is 11.4. The number of nitrogens with one attached hydrogen (secondary N) is 1. The number of nitro groups is 1. The van der Waals surface area contributed by atoms with Crippen LogP contribution in [-0.4, -0.2) is 33.7 Å². The van der Waals surface area contributed by atoms with Crippen molar-refractivity contribution in [2.24, 2.45) is 0 Å². The van der Waals surface area contributed by atoms with Gasteiger partial charge in [0.05, 0.1) is 41.4 Å². The van der Waals surface area contributed by atoms with E-state index in [1.807, 2.05) is 42.7 Å². The Bertz CT molecular complexity index is 1460. The van der Waals surface area contributed by atoms with Gasteiger partial charge in [-0.05, 0) is 49.8 Å². The van der Waals surface area contributed by atoms with Gasteiger partial charge < -0.3 is 19.0 Å². The number of nitro benzene ring substituents is 1. The molecule has 0 fully saturated rings. The molecule has 0 unspecified atom stereocenters. The second kappa shape index (κ2) is 8.51. The number of hydrogen-bond acceptors (Lipinski definition) is 6. The Kier molecular flexibility index (Phi) is 5.58. The number of methoxy groups -OCH3 is 2. The number of ether oxygens (including phenoxy) is 2. The summed E-state index contributed by atoms with van der Waals surface area (Å²) in [5.74, 6) is 1.64. The molecule has 33 heavy (non-hydrogen) atoms. The molecule has 4 aromatic rings. The van der Waals surface area contributed by atoms with Gasteiger partial charge in [-0.3, -0.25) is 10.1 Å². The van der Waals surface area contributed by atoms with Crippen LogP contribution in [-0.2, 0) is 0 Å². The highest BCUT2D eigenvalue weighted by molar-refractivity contribution is 5.91. The van der Waals surface area contributed by atoms with Crippen LogP contribution >= 0.6 is 0 Å². The van der Waals surface area contributed by atoms with Gasteiger partial charge in [-0.15, -0.1) is 0 Å². The van der Waals surface area contributed by atoms with E-state index < -0.39 is 4.92 Å². The molecule has 1 N–H and O–H groups in total. The van der Waals surface area contributed by atoms with Gasteiger partial charge in [-0.1, -0.05) is 0 Å². The maximum atomic E-state index is 11.3. The number of aromatic amines is 1. The Morgan fingerprint density at radius 2 is 1.97 bits per heavy atom. The molecule has 9 heteroatoms. The molecule has 0 spiro atoms. The maximum absolute atomic E-state index is 11.3. The van der Waals surface area contributed by atoms with E-state index in [0.29, 0.717) is 28.6 Å². The predicted molar refractivity (Wildman–Crippen MR) is 125 cm³/mol. The summed E-state index contributed by atoms with van der Waals surface area (Å²) in [5, 5.41) is 21.1. The van der Waals surface area contributed by atoms with Gasteiger partial charge in [0.25, 0.3) is 5.69 Å². The van der Waals surface area contributed by atoms with Crippen molar-refractivity contribution in [2.75, 3.05) is 14.2 Å². The van der Waals surface area contributed by atoms with Crippen LogP contribution in [0.1, 0.15) is 22.8 Å². The molecule has 0 atom stereocenters. The third-order valence-corrected chi connectivity index (χ3v) is 5.45. The Hall–Kier alpha value is -4.58. The zero-order valence-corrected chi connectivity index (χ0v) is 18.5. The number of allylic oxidation sites excluding steroid dienone is 1. The minimum absolute atomic E-state index is 0.0363. The van der Waals surface area contributed by atoms with Crippen LogP contribution in [0.25, 0.3) is 28.4 Å². The second-order valence-corrected chi connectivity index (χ2v) is 7.41. The molecular formula is C24H21N5O4. The van der Waals surface area contributed by atoms with Gasteiger partial charge in [-0.2, -0.15) is 5.26 Å². The first-order valence-corrected chi connectivity index (χ1v) is 10.0. The lowest BCUT2D eigenvalue weighted by molar-refractivity contribution is -0.384. The molecule has 9 nitrogen and oxygen atoms in total. The molecule has 0 amide bonds. The van der Waals surface area contributed by atoms with Gasteiger partial charge in [-0.25, -0.2) is 4.98 Å². The second-order valence-electron chi connectivity index (χ2n) is 7.41. The summed E-state index contributed by atoms with van der Waals surface area (Å²) in [6.45, 7) is 3.78. The van der Waals surface area contributed by atoms with Crippen molar-refractivity contribution < 1.29 is 14.4 Å². The third-order valence-electron chi connectivity index (χ3n) is 5.45. The third kappa shape index (κ3) is 3.90. The first kappa shape index (κ1) is 21.6. The number of aryl methyl sites for hydroxylation is 1. The molecule has 0 aliphatic rings. The number of imidazole rings is 1. The summed E-state index contributed by atoms with van der Waals surface area (Å²) < 4.78 is 12.6. The molecule has 2 aromatic carbocycles. The van der Waals surface area contributed by atoms with Crippen LogP contribution in [0.3, 0.4) is 0 Å². The van der Waals surface area contributed by atoms with E-state index in [9.17, 15) is 15.4 Å². The summed E-state index contributed by atoms with van der Waals surface area (Å²) >= 11 is 0. The predicted octanol–water partition coefficient (Wildman–Crippen LogP) is 4.96. The maximum Gasteiger partial charge on any atom is 0.271 e. The number of H-pyrrole nitrogens is 1. The van der Waals surface area contributed by atoms with E-state index in [4.69, 9.17) is 9.47 Å². The largest absolute Gasteiger partial charge is 0.497 e. The fraction of sp³-hybridized carbons (Fsp3) is 0.167. The number of fused-ring (bicyclic) bond motifs is 1. The smallest absolute Gasteiger partial charge is 0.271 e. The molecule has 0 aliphatic carbocycles. The number of aromatic nitrogens is 3. The highest BCUT2D eigenvalue weighted by atomic mass is 16.6. The standard InChI is InChI=1S/C24H21N5O4/c1-14-9-16(15(2)28(14)22-11-18(29(30)31)5-8-23(22)33-4)10-17(13-25)24-26-20-7-6-19(32-3)12-21(20)27-24/h5-12H,1-4H3,(H,26,27). The van der Waals surface area contributed by atoms with Crippen LogP contribution < -0.4 is 9.47 Å².